The van der Waals surface area contributed by atoms with Crippen molar-refractivity contribution in [3.63, 3.8) is 0 Å². The van der Waals surface area contributed by atoms with Gasteiger partial charge in [-0.05, 0) is 18.9 Å². The third-order valence-electron chi connectivity index (χ3n) is 3.40. The number of carbonyl (C=O) groups excluding carboxylic acids is 2. The van der Waals surface area contributed by atoms with Crippen molar-refractivity contribution in [3.8, 4) is 0 Å². The van der Waals surface area contributed by atoms with Crippen molar-refractivity contribution in [1.82, 2.24) is 20.4 Å². The lowest BCUT2D eigenvalue weighted by Crippen LogP contribution is -2.38. The van der Waals surface area contributed by atoms with E-state index in [1.54, 1.807) is 31.2 Å². The number of rotatable bonds is 6. The summed E-state index contributed by atoms with van der Waals surface area (Å²) in [5, 5.41) is 10.3. The van der Waals surface area contributed by atoms with Crippen LogP contribution in [0.2, 0.25) is 0 Å². The smallest absolute Gasteiger partial charge is 0.274 e. The molecule has 0 saturated heterocycles. The first kappa shape index (κ1) is 17.7. The lowest BCUT2D eigenvalue weighted by molar-refractivity contribution is -0.120. The Morgan fingerprint density at radius 1 is 1.17 bits per heavy atom. The van der Waals surface area contributed by atoms with Crippen LogP contribution >= 0.6 is 0 Å². The normalized spacial score (nSPS) is 10.8. The summed E-state index contributed by atoms with van der Waals surface area (Å²) in [6, 6.07) is 6.86. The van der Waals surface area contributed by atoms with Crippen molar-refractivity contribution in [3.05, 3.63) is 40.3 Å². The lowest BCUT2D eigenvalue weighted by Gasteiger charge is -2.12. The Morgan fingerprint density at radius 2 is 1.83 bits per heavy atom. The number of likely N-dealkylation sites (N-methyl/N-ethyl adjacent to an activating group) is 1. The van der Waals surface area contributed by atoms with E-state index in [0.29, 0.717) is 23.9 Å². The quantitative estimate of drug-likeness (QED) is 0.823. The molecule has 2 amide bonds. The molecule has 2 N–H and O–H groups in total. The minimum atomic E-state index is -0.477. The van der Waals surface area contributed by atoms with E-state index in [2.05, 4.69) is 15.7 Å². The van der Waals surface area contributed by atoms with Crippen LogP contribution in [0.4, 0.5) is 0 Å². The molecule has 24 heavy (non-hydrogen) atoms. The Bertz CT molecular complexity index is 811. The van der Waals surface area contributed by atoms with Crippen LogP contribution in [0, 0.1) is 5.92 Å². The summed E-state index contributed by atoms with van der Waals surface area (Å²) in [6.45, 7) is 6.52. The molecule has 0 atom stereocenters. The molecule has 0 saturated carbocycles. The molecular formula is C17H22N4O3. The summed E-state index contributed by atoms with van der Waals surface area (Å²) >= 11 is 0. The number of amides is 2. The topological polar surface area (TPSA) is 93.1 Å². The van der Waals surface area contributed by atoms with Gasteiger partial charge in [-0.15, -0.1) is 0 Å². The van der Waals surface area contributed by atoms with Crippen LogP contribution < -0.4 is 16.2 Å². The Balaban J connectivity index is 2.41. The summed E-state index contributed by atoms with van der Waals surface area (Å²) in [5.74, 6) is -0.539. The maximum Gasteiger partial charge on any atom is 0.274 e. The van der Waals surface area contributed by atoms with Gasteiger partial charge in [-0.25, -0.2) is 4.68 Å². The molecule has 7 nitrogen and oxygen atoms in total. The number of fused-ring (bicyclic) bond motifs is 1. The van der Waals surface area contributed by atoms with E-state index in [0.717, 1.165) is 0 Å². The molecule has 0 aliphatic carbocycles. The molecule has 1 heterocycles. The minimum Gasteiger partial charge on any atom is -0.355 e. The molecule has 0 spiro atoms. The predicted octanol–water partition coefficient (Wildman–Crippen LogP) is 0.918. The van der Waals surface area contributed by atoms with Crippen LogP contribution in [0.5, 0.6) is 0 Å². The SMILES string of the molecule is CCNC(=O)CNC(=O)c1nn(CC(C)C)c(=O)c2ccccc12. The van der Waals surface area contributed by atoms with Gasteiger partial charge in [-0.2, -0.15) is 5.10 Å². The van der Waals surface area contributed by atoms with Gasteiger partial charge in [0, 0.05) is 18.5 Å². The van der Waals surface area contributed by atoms with E-state index in [1.165, 1.54) is 4.68 Å². The van der Waals surface area contributed by atoms with Gasteiger partial charge in [0.2, 0.25) is 5.91 Å². The average molecular weight is 330 g/mol. The Morgan fingerprint density at radius 3 is 2.46 bits per heavy atom. The third kappa shape index (κ3) is 3.98. The van der Waals surface area contributed by atoms with E-state index < -0.39 is 5.91 Å². The standard InChI is InChI=1S/C17H22N4O3/c1-4-18-14(22)9-19-16(23)15-12-7-5-6-8-13(12)17(24)21(20-15)10-11(2)3/h5-8,11H,4,9-10H2,1-3H3,(H,18,22)(H,19,23). The zero-order chi connectivity index (χ0) is 17.7. The highest BCUT2D eigenvalue weighted by Gasteiger charge is 2.17. The van der Waals surface area contributed by atoms with Crippen LogP contribution in [-0.4, -0.2) is 34.7 Å². The van der Waals surface area contributed by atoms with Crippen LogP contribution in [-0.2, 0) is 11.3 Å². The van der Waals surface area contributed by atoms with Crippen molar-refractivity contribution in [1.29, 1.82) is 0 Å². The number of nitrogens with one attached hydrogen (secondary N) is 2. The zero-order valence-corrected chi connectivity index (χ0v) is 14.1. The number of carbonyl (C=O) groups is 2. The van der Waals surface area contributed by atoms with Crippen LogP contribution in [0.25, 0.3) is 10.8 Å². The van der Waals surface area contributed by atoms with Crippen molar-refractivity contribution in [2.24, 2.45) is 5.92 Å². The van der Waals surface area contributed by atoms with Gasteiger partial charge in [0.1, 0.15) is 0 Å². The molecule has 2 aromatic rings. The number of hydrogen-bond acceptors (Lipinski definition) is 4. The summed E-state index contributed by atoms with van der Waals surface area (Å²) in [4.78, 5) is 36.4. The van der Waals surface area contributed by atoms with Gasteiger partial charge in [0.15, 0.2) is 5.69 Å². The monoisotopic (exact) mass is 330 g/mol. The van der Waals surface area contributed by atoms with E-state index in [9.17, 15) is 14.4 Å². The molecule has 0 radical (unpaired) electrons. The Hall–Kier alpha value is -2.70. The number of aromatic nitrogens is 2. The molecule has 2 rings (SSSR count). The van der Waals surface area contributed by atoms with Gasteiger partial charge in [0.25, 0.3) is 11.5 Å². The zero-order valence-electron chi connectivity index (χ0n) is 14.1. The second-order valence-electron chi connectivity index (χ2n) is 5.91. The summed E-state index contributed by atoms with van der Waals surface area (Å²) < 4.78 is 1.31. The molecule has 0 bridgehead atoms. The van der Waals surface area contributed by atoms with Crippen LogP contribution in [0.1, 0.15) is 31.3 Å². The molecule has 0 aliphatic rings. The molecule has 7 heteroatoms. The fourth-order valence-electron chi connectivity index (χ4n) is 2.38. The first-order chi connectivity index (χ1) is 11.4. The maximum absolute atomic E-state index is 12.5. The first-order valence-electron chi connectivity index (χ1n) is 7.98. The largest absolute Gasteiger partial charge is 0.355 e. The van der Waals surface area contributed by atoms with Crippen LogP contribution in [0.15, 0.2) is 29.1 Å². The molecule has 0 fully saturated rings. The summed E-state index contributed by atoms with van der Waals surface area (Å²) in [5.41, 5.74) is -0.0743. The first-order valence-corrected chi connectivity index (χ1v) is 7.98. The molecule has 0 aliphatic heterocycles. The molecule has 1 aromatic heterocycles. The fourth-order valence-corrected chi connectivity index (χ4v) is 2.38. The second kappa shape index (κ2) is 7.72. The Labute approximate surface area is 140 Å². The molecule has 0 unspecified atom stereocenters. The van der Waals surface area contributed by atoms with E-state index in [1.807, 2.05) is 13.8 Å². The highest BCUT2D eigenvalue weighted by atomic mass is 16.2. The van der Waals surface area contributed by atoms with Crippen molar-refractivity contribution < 1.29 is 9.59 Å². The van der Waals surface area contributed by atoms with Crippen molar-refractivity contribution in [2.45, 2.75) is 27.3 Å². The molecular weight excluding hydrogens is 308 g/mol. The Kier molecular flexibility index (Phi) is 5.68. The van der Waals surface area contributed by atoms with Gasteiger partial charge >= 0.3 is 0 Å². The fraction of sp³-hybridized carbons (Fsp3) is 0.412. The number of benzene rings is 1. The van der Waals surface area contributed by atoms with Crippen molar-refractivity contribution >= 4 is 22.6 Å². The highest BCUT2D eigenvalue weighted by molar-refractivity contribution is 6.05. The van der Waals surface area contributed by atoms with Gasteiger partial charge in [-0.1, -0.05) is 32.0 Å². The average Bonchev–Trinajstić information content (AvgIpc) is 2.55. The van der Waals surface area contributed by atoms with E-state index in [-0.39, 0.29) is 29.6 Å². The van der Waals surface area contributed by atoms with Gasteiger partial charge in [0.05, 0.1) is 11.9 Å². The van der Waals surface area contributed by atoms with E-state index in [4.69, 9.17) is 0 Å². The molecule has 128 valence electrons. The minimum absolute atomic E-state index is 0.133. The highest BCUT2D eigenvalue weighted by Crippen LogP contribution is 2.13. The molecule has 1 aromatic carbocycles. The van der Waals surface area contributed by atoms with Crippen LogP contribution in [0.3, 0.4) is 0 Å². The second-order valence-corrected chi connectivity index (χ2v) is 5.91. The van der Waals surface area contributed by atoms with Gasteiger partial charge in [-0.3, -0.25) is 14.4 Å². The van der Waals surface area contributed by atoms with Crippen molar-refractivity contribution in [2.75, 3.05) is 13.1 Å². The number of hydrogen-bond donors (Lipinski definition) is 2. The van der Waals surface area contributed by atoms with E-state index >= 15 is 0 Å². The summed E-state index contributed by atoms with van der Waals surface area (Å²) in [6.07, 6.45) is 0. The lowest BCUT2D eigenvalue weighted by atomic mass is 10.1. The maximum atomic E-state index is 12.5. The predicted molar refractivity (Wildman–Crippen MR) is 91.9 cm³/mol. The van der Waals surface area contributed by atoms with Gasteiger partial charge < -0.3 is 10.6 Å². The number of nitrogens with zero attached hydrogens (tertiary/aromatic N) is 2. The third-order valence-corrected chi connectivity index (χ3v) is 3.40. The summed E-state index contributed by atoms with van der Waals surface area (Å²) in [7, 11) is 0.